The van der Waals surface area contributed by atoms with Crippen LogP contribution in [0.2, 0.25) is 0 Å². The molecule has 9 heteroatoms. The van der Waals surface area contributed by atoms with Gasteiger partial charge in [-0.3, -0.25) is 18.8 Å². The largest absolute Gasteiger partial charge is 0.405 e. The van der Waals surface area contributed by atoms with Crippen LogP contribution in [0.3, 0.4) is 0 Å². The highest BCUT2D eigenvalue weighted by molar-refractivity contribution is 5.79. The minimum atomic E-state index is -0.354. The lowest BCUT2D eigenvalue weighted by molar-refractivity contribution is -0.138. The Morgan fingerprint density at radius 1 is 1.09 bits per heavy atom. The van der Waals surface area contributed by atoms with Crippen LogP contribution in [0.5, 0.6) is 0 Å². The van der Waals surface area contributed by atoms with Crippen molar-refractivity contribution < 1.29 is 9.18 Å². The summed E-state index contributed by atoms with van der Waals surface area (Å²) in [5, 5.41) is 0. The summed E-state index contributed by atoms with van der Waals surface area (Å²) in [6.45, 7) is 3.71. The molecule has 1 aromatic heterocycles. The van der Waals surface area contributed by atoms with E-state index in [1.807, 2.05) is 4.90 Å². The van der Waals surface area contributed by atoms with Gasteiger partial charge in [0.25, 0.3) is 0 Å². The third-order valence-corrected chi connectivity index (χ3v) is 7.06. The Labute approximate surface area is 192 Å². The Morgan fingerprint density at radius 3 is 2.42 bits per heavy atom. The van der Waals surface area contributed by atoms with E-state index < -0.39 is 0 Å². The molecule has 4 N–H and O–H groups in total. The Hall–Kier alpha value is -3.07. The molecule has 2 aliphatic rings. The van der Waals surface area contributed by atoms with Gasteiger partial charge in [0.15, 0.2) is 0 Å². The van der Waals surface area contributed by atoms with Gasteiger partial charge in [0.05, 0.1) is 11.0 Å². The highest BCUT2D eigenvalue weighted by Crippen LogP contribution is 2.28. The maximum absolute atomic E-state index is 13.7. The molecule has 0 aliphatic carbocycles. The molecule has 2 aromatic rings. The van der Waals surface area contributed by atoms with E-state index in [4.69, 9.17) is 11.5 Å². The monoisotopic (exact) mass is 456 g/mol. The van der Waals surface area contributed by atoms with Gasteiger partial charge in [-0.1, -0.05) is 0 Å². The zero-order valence-corrected chi connectivity index (χ0v) is 19.1. The third kappa shape index (κ3) is 4.68. The van der Waals surface area contributed by atoms with Crippen molar-refractivity contribution in [1.29, 1.82) is 0 Å². The van der Waals surface area contributed by atoms with Gasteiger partial charge < -0.3 is 16.4 Å². The summed E-state index contributed by atoms with van der Waals surface area (Å²) in [6, 6.07) is 4.47. The number of aromatic nitrogens is 2. The standard InChI is InChI=1S/C24H33FN6O2/c1-28-22-14-19(25)2-3-21(22)31(24(28)33)20-7-12-30(13-8-20)23(32)18-5-10-29(11-6-18)16-17(15-27)4-9-26/h2-4,9,14-15,18,20H,5-8,10-13,16,26-27H2,1H3/b9-4-,17-15+. The number of carbonyl (C=O) groups is 1. The Balaban J connectivity index is 1.35. The van der Waals surface area contributed by atoms with Gasteiger partial charge in [-0.05, 0) is 81.0 Å². The zero-order chi connectivity index (χ0) is 23.5. The quantitative estimate of drug-likeness (QED) is 0.667. The van der Waals surface area contributed by atoms with Crippen LogP contribution in [0.25, 0.3) is 11.0 Å². The second kappa shape index (κ2) is 9.82. The molecule has 0 atom stereocenters. The van der Waals surface area contributed by atoms with Crippen molar-refractivity contribution in [2.45, 2.75) is 31.7 Å². The van der Waals surface area contributed by atoms with Gasteiger partial charge in [-0.25, -0.2) is 9.18 Å². The summed E-state index contributed by atoms with van der Waals surface area (Å²) in [4.78, 5) is 30.2. The summed E-state index contributed by atoms with van der Waals surface area (Å²) in [7, 11) is 1.67. The zero-order valence-electron chi connectivity index (χ0n) is 19.1. The number of carbonyl (C=O) groups excluding carboxylic acids is 1. The number of nitrogens with zero attached hydrogens (tertiary/aromatic N) is 4. The van der Waals surface area contributed by atoms with E-state index >= 15 is 0 Å². The molecule has 4 rings (SSSR count). The fourth-order valence-electron chi connectivity index (χ4n) is 5.17. The number of aryl methyl sites for hydroxylation is 1. The lowest BCUT2D eigenvalue weighted by atomic mass is 9.93. The molecule has 1 aromatic carbocycles. The van der Waals surface area contributed by atoms with E-state index in [0.29, 0.717) is 18.6 Å². The number of likely N-dealkylation sites (tertiary alicyclic amines) is 2. The number of amides is 1. The number of fused-ring (bicyclic) bond motifs is 1. The summed E-state index contributed by atoms with van der Waals surface area (Å²) < 4.78 is 16.9. The lowest BCUT2D eigenvalue weighted by Gasteiger charge is -2.37. The number of rotatable bonds is 5. The maximum atomic E-state index is 13.7. The van der Waals surface area contributed by atoms with E-state index in [9.17, 15) is 14.0 Å². The number of benzene rings is 1. The fourth-order valence-corrected chi connectivity index (χ4v) is 5.17. The van der Waals surface area contributed by atoms with Gasteiger partial charge in [-0.15, -0.1) is 0 Å². The van der Waals surface area contributed by atoms with Crippen LogP contribution in [0, 0.1) is 11.7 Å². The van der Waals surface area contributed by atoms with E-state index in [2.05, 4.69) is 4.90 Å². The predicted molar refractivity (Wildman–Crippen MR) is 127 cm³/mol. The highest BCUT2D eigenvalue weighted by atomic mass is 19.1. The van der Waals surface area contributed by atoms with Crippen LogP contribution in [0.1, 0.15) is 31.7 Å². The highest BCUT2D eigenvalue weighted by Gasteiger charge is 2.32. The Morgan fingerprint density at radius 2 is 1.79 bits per heavy atom. The molecule has 0 radical (unpaired) electrons. The summed E-state index contributed by atoms with van der Waals surface area (Å²) in [6.07, 6.45) is 7.97. The molecule has 2 aliphatic heterocycles. The molecular formula is C24H33FN6O2. The van der Waals surface area contributed by atoms with E-state index in [1.165, 1.54) is 22.9 Å². The predicted octanol–water partition coefficient (Wildman–Crippen LogP) is 1.67. The first-order valence-corrected chi connectivity index (χ1v) is 11.6. The minimum absolute atomic E-state index is 0.00892. The molecule has 33 heavy (non-hydrogen) atoms. The van der Waals surface area contributed by atoms with Gasteiger partial charge >= 0.3 is 5.69 Å². The second-order valence-electron chi connectivity index (χ2n) is 9.05. The minimum Gasteiger partial charge on any atom is -0.405 e. The molecule has 8 nitrogen and oxygen atoms in total. The van der Waals surface area contributed by atoms with Crippen molar-refractivity contribution in [1.82, 2.24) is 18.9 Å². The van der Waals surface area contributed by atoms with Crippen molar-refractivity contribution in [3.8, 4) is 0 Å². The number of hydrogen-bond acceptors (Lipinski definition) is 5. The summed E-state index contributed by atoms with van der Waals surface area (Å²) in [5.41, 5.74) is 13.3. The van der Waals surface area contributed by atoms with Crippen LogP contribution in [0.15, 0.2) is 47.0 Å². The van der Waals surface area contributed by atoms with Gasteiger partial charge in [-0.2, -0.15) is 0 Å². The average molecular weight is 457 g/mol. The first kappa shape index (κ1) is 23.1. The van der Waals surface area contributed by atoms with Crippen LogP contribution < -0.4 is 17.2 Å². The first-order valence-electron chi connectivity index (χ1n) is 11.6. The maximum Gasteiger partial charge on any atom is 0.329 e. The molecule has 3 heterocycles. The molecule has 0 saturated carbocycles. The molecule has 0 spiro atoms. The molecule has 2 saturated heterocycles. The number of imidazole rings is 1. The van der Waals surface area contributed by atoms with Crippen molar-refractivity contribution in [3.63, 3.8) is 0 Å². The molecular weight excluding hydrogens is 423 g/mol. The van der Waals surface area contributed by atoms with E-state index in [-0.39, 0.29) is 29.4 Å². The van der Waals surface area contributed by atoms with E-state index in [1.54, 1.807) is 30.0 Å². The van der Waals surface area contributed by atoms with Gasteiger partial charge in [0, 0.05) is 38.6 Å². The van der Waals surface area contributed by atoms with Crippen molar-refractivity contribution >= 4 is 16.9 Å². The number of nitrogens with two attached hydrogens (primary N) is 2. The van der Waals surface area contributed by atoms with Crippen LogP contribution in [-0.2, 0) is 11.8 Å². The Kier molecular flexibility index (Phi) is 6.88. The fraction of sp³-hybridized carbons (Fsp3) is 0.500. The van der Waals surface area contributed by atoms with Crippen molar-refractivity contribution in [3.05, 3.63) is 58.5 Å². The van der Waals surface area contributed by atoms with Crippen LogP contribution in [0.4, 0.5) is 4.39 Å². The van der Waals surface area contributed by atoms with Gasteiger partial charge in [0.1, 0.15) is 5.82 Å². The molecule has 2 fully saturated rings. The number of hydrogen-bond donors (Lipinski definition) is 2. The first-order chi connectivity index (χ1) is 15.9. The molecule has 1 amide bonds. The molecule has 0 unspecified atom stereocenters. The van der Waals surface area contributed by atoms with Crippen molar-refractivity contribution in [2.24, 2.45) is 24.4 Å². The third-order valence-electron chi connectivity index (χ3n) is 7.06. The number of halogens is 1. The summed E-state index contributed by atoms with van der Waals surface area (Å²) >= 11 is 0. The lowest BCUT2D eigenvalue weighted by Crippen LogP contribution is -2.46. The van der Waals surface area contributed by atoms with E-state index in [0.717, 1.165) is 56.4 Å². The van der Waals surface area contributed by atoms with Gasteiger partial charge in [0.2, 0.25) is 5.91 Å². The molecule has 178 valence electrons. The SMILES string of the molecule is Cn1c(=O)n(C2CCN(C(=O)C3CCN(CC(/C=C\N)=C/N)CC3)CC2)c2ccc(F)cc21. The normalized spacial score (nSPS) is 19.7. The number of piperidine rings is 2. The van der Waals surface area contributed by atoms with Crippen LogP contribution >= 0.6 is 0 Å². The average Bonchev–Trinajstić information content (AvgIpc) is 3.08. The van der Waals surface area contributed by atoms with Crippen LogP contribution in [-0.4, -0.2) is 57.6 Å². The second-order valence-corrected chi connectivity index (χ2v) is 9.05. The topological polar surface area (TPSA) is 103 Å². The Bertz CT molecular complexity index is 1120. The molecule has 0 bridgehead atoms. The smallest absolute Gasteiger partial charge is 0.329 e. The van der Waals surface area contributed by atoms with Crippen molar-refractivity contribution in [2.75, 3.05) is 32.7 Å². The summed E-state index contributed by atoms with van der Waals surface area (Å²) in [5.74, 6) is -0.0962.